The maximum absolute atomic E-state index is 4.69. The Kier molecular flexibility index (Phi) is 2.92. The van der Waals surface area contributed by atoms with Crippen LogP contribution in [0, 0.1) is 6.92 Å². The van der Waals surface area contributed by atoms with Gasteiger partial charge in [-0.05, 0) is 59.9 Å². The molecule has 1 atom stereocenters. The Balaban J connectivity index is 2.10. The van der Waals surface area contributed by atoms with Crippen LogP contribution in [0.15, 0.2) is 22.9 Å². The minimum Gasteiger partial charge on any atom is -0.316 e. The SMILES string of the molecule is Cc1ccn2c(C3CCCNC3)nc(Br)c2c1. The predicted octanol–water partition coefficient (Wildman–Crippen LogP) is 2.87. The number of nitrogens with zero attached hydrogens (tertiary/aromatic N) is 2. The first-order valence-electron chi connectivity index (χ1n) is 6.10. The van der Waals surface area contributed by atoms with Crippen LogP contribution >= 0.6 is 15.9 Å². The van der Waals surface area contributed by atoms with Crippen molar-refractivity contribution >= 4 is 21.4 Å². The van der Waals surface area contributed by atoms with Gasteiger partial charge in [0.05, 0.1) is 5.52 Å². The van der Waals surface area contributed by atoms with Gasteiger partial charge in [-0.1, -0.05) is 0 Å². The number of piperidine rings is 1. The van der Waals surface area contributed by atoms with Crippen LogP contribution in [0.25, 0.3) is 5.52 Å². The van der Waals surface area contributed by atoms with Crippen molar-refractivity contribution in [2.45, 2.75) is 25.7 Å². The molecular weight excluding hydrogens is 278 g/mol. The summed E-state index contributed by atoms with van der Waals surface area (Å²) in [6.07, 6.45) is 4.60. The average molecular weight is 294 g/mol. The van der Waals surface area contributed by atoms with Gasteiger partial charge in [0.25, 0.3) is 0 Å². The minimum atomic E-state index is 0.533. The lowest BCUT2D eigenvalue weighted by Crippen LogP contribution is -2.29. The van der Waals surface area contributed by atoms with Gasteiger partial charge in [0.2, 0.25) is 0 Å². The largest absolute Gasteiger partial charge is 0.316 e. The zero-order valence-corrected chi connectivity index (χ0v) is 11.5. The second-order valence-electron chi connectivity index (χ2n) is 4.76. The fourth-order valence-electron chi connectivity index (χ4n) is 2.54. The molecule has 1 aliphatic rings. The Hall–Kier alpha value is -0.870. The number of rotatable bonds is 1. The molecule has 3 heterocycles. The number of imidazole rings is 1. The van der Waals surface area contributed by atoms with E-state index in [-0.39, 0.29) is 0 Å². The van der Waals surface area contributed by atoms with Gasteiger partial charge in [0, 0.05) is 18.7 Å². The van der Waals surface area contributed by atoms with Gasteiger partial charge in [-0.2, -0.15) is 0 Å². The summed E-state index contributed by atoms with van der Waals surface area (Å²) in [5.74, 6) is 1.71. The number of aryl methyl sites for hydroxylation is 1. The molecule has 1 unspecified atom stereocenters. The Morgan fingerprint density at radius 1 is 1.53 bits per heavy atom. The van der Waals surface area contributed by atoms with E-state index in [1.807, 2.05) is 0 Å². The van der Waals surface area contributed by atoms with Crippen molar-refractivity contribution in [2.75, 3.05) is 13.1 Å². The first-order chi connectivity index (χ1) is 8.25. The van der Waals surface area contributed by atoms with Crippen LogP contribution in [-0.2, 0) is 0 Å². The van der Waals surface area contributed by atoms with Crippen LogP contribution in [0.5, 0.6) is 0 Å². The van der Waals surface area contributed by atoms with Crippen LogP contribution in [-0.4, -0.2) is 22.5 Å². The van der Waals surface area contributed by atoms with Gasteiger partial charge >= 0.3 is 0 Å². The summed E-state index contributed by atoms with van der Waals surface area (Å²) in [5, 5.41) is 3.45. The lowest BCUT2D eigenvalue weighted by atomic mass is 9.99. The molecule has 1 fully saturated rings. The van der Waals surface area contributed by atoms with Crippen LogP contribution in [0.3, 0.4) is 0 Å². The number of halogens is 1. The van der Waals surface area contributed by atoms with E-state index >= 15 is 0 Å². The molecule has 0 spiro atoms. The zero-order valence-electron chi connectivity index (χ0n) is 9.91. The van der Waals surface area contributed by atoms with Gasteiger partial charge in [-0.25, -0.2) is 4.98 Å². The molecule has 3 rings (SSSR count). The van der Waals surface area contributed by atoms with Crippen molar-refractivity contribution in [3.8, 4) is 0 Å². The Bertz CT molecular complexity index is 541. The number of pyridine rings is 1. The summed E-state index contributed by atoms with van der Waals surface area (Å²) < 4.78 is 3.18. The Labute approximate surface area is 109 Å². The molecule has 0 bridgehead atoms. The number of fused-ring (bicyclic) bond motifs is 1. The molecule has 1 N–H and O–H groups in total. The summed E-state index contributed by atoms with van der Waals surface area (Å²) in [4.78, 5) is 4.69. The molecule has 17 heavy (non-hydrogen) atoms. The van der Waals surface area contributed by atoms with Crippen molar-refractivity contribution < 1.29 is 0 Å². The number of nitrogens with one attached hydrogen (secondary N) is 1. The lowest BCUT2D eigenvalue weighted by molar-refractivity contribution is 0.445. The molecule has 0 radical (unpaired) electrons. The fraction of sp³-hybridized carbons (Fsp3) is 0.462. The number of hydrogen-bond donors (Lipinski definition) is 1. The third kappa shape index (κ3) is 2.00. The molecule has 2 aromatic rings. The van der Waals surface area contributed by atoms with Gasteiger partial charge in [-0.3, -0.25) is 0 Å². The van der Waals surface area contributed by atoms with Crippen LogP contribution in [0.2, 0.25) is 0 Å². The summed E-state index contributed by atoms with van der Waals surface area (Å²) >= 11 is 3.57. The Morgan fingerprint density at radius 2 is 2.41 bits per heavy atom. The van der Waals surface area contributed by atoms with E-state index in [4.69, 9.17) is 4.98 Å². The van der Waals surface area contributed by atoms with Crippen molar-refractivity contribution in [3.63, 3.8) is 0 Å². The van der Waals surface area contributed by atoms with Crippen LogP contribution in [0.4, 0.5) is 0 Å². The lowest BCUT2D eigenvalue weighted by Gasteiger charge is -2.21. The van der Waals surface area contributed by atoms with Gasteiger partial charge < -0.3 is 9.72 Å². The van der Waals surface area contributed by atoms with E-state index in [1.54, 1.807) is 0 Å². The van der Waals surface area contributed by atoms with Gasteiger partial charge in [0.1, 0.15) is 10.4 Å². The molecule has 2 aromatic heterocycles. The number of hydrogen-bond acceptors (Lipinski definition) is 2. The highest BCUT2D eigenvalue weighted by Crippen LogP contribution is 2.27. The average Bonchev–Trinajstić information content (AvgIpc) is 2.68. The van der Waals surface area contributed by atoms with Crippen molar-refractivity contribution in [1.82, 2.24) is 14.7 Å². The highest BCUT2D eigenvalue weighted by Gasteiger charge is 2.21. The fourth-order valence-corrected chi connectivity index (χ4v) is 3.02. The second-order valence-corrected chi connectivity index (χ2v) is 5.51. The normalized spacial score (nSPS) is 20.9. The highest BCUT2D eigenvalue weighted by atomic mass is 79.9. The Morgan fingerprint density at radius 3 is 3.18 bits per heavy atom. The van der Waals surface area contributed by atoms with Crippen LogP contribution < -0.4 is 5.32 Å². The van der Waals surface area contributed by atoms with Gasteiger partial charge in [0.15, 0.2) is 0 Å². The van der Waals surface area contributed by atoms with Crippen LogP contribution in [0.1, 0.15) is 30.1 Å². The van der Waals surface area contributed by atoms with Crippen molar-refractivity contribution in [2.24, 2.45) is 0 Å². The zero-order chi connectivity index (χ0) is 11.8. The second kappa shape index (κ2) is 4.42. The van der Waals surface area contributed by atoms with E-state index in [9.17, 15) is 0 Å². The molecular formula is C13H16BrN3. The molecule has 1 saturated heterocycles. The first kappa shape index (κ1) is 11.2. The summed E-state index contributed by atoms with van der Waals surface area (Å²) in [5.41, 5.74) is 2.44. The monoisotopic (exact) mass is 293 g/mol. The van der Waals surface area contributed by atoms with E-state index in [1.165, 1.54) is 29.7 Å². The topological polar surface area (TPSA) is 29.3 Å². The molecule has 1 aliphatic heterocycles. The molecule has 4 heteroatoms. The summed E-state index contributed by atoms with van der Waals surface area (Å²) in [7, 11) is 0. The van der Waals surface area contributed by atoms with E-state index in [0.29, 0.717) is 5.92 Å². The summed E-state index contributed by atoms with van der Waals surface area (Å²) in [6, 6.07) is 4.32. The van der Waals surface area contributed by atoms with Gasteiger partial charge in [-0.15, -0.1) is 0 Å². The van der Waals surface area contributed by atoms with E-state index in [2.05, 4.69) is 50.9 Å². The maximum atomic E-state index is 4.69. The third-order valence-corrected chi connectivity index (χ3v) is 4.03. The third-order valence-electron chi connectivity index (χ3n) is 3.44. The van der Waals surface area contributed by atoms with E-state index < -0.39 is 0 Å². The van der Waals surface area contributed by atoms with Crippen molar-refractivity contribution in [3.05, 3.63) is 34.3 Å². The van der Waals surface area contributed by atoms with E-state index in [0.717, 1.165) is 17.7 Å². The molecule has 3 nitrogen and oxygen atoms in total. The quantitative estimate of drug-likeness (QED) is 0.876. The highest BCUT2D eigenvalue weighted by molar-refractivity contribution is 9.10. The van der Waals surface area contributed by atoms with Crippen molar-refractivity contribution in [1.29, 1.82) is 0 Å². The maximum Gasteiger partial charge on any atom is 0.132 e. The molecule has 0 aromatic carbocycles. The predicted molar refractivity (Wildman–Crippen MR) is 72.5 cm³/mol. The molecule has 0 aliphatic carbocycles. The first-order valence-corrected chi connectivity index (χ1v) is 6.90. The molecule has 0 amide bonds. The standard InChI is InChI=1S/C13H16BrN3/c1-9-4-6-17-11(7-9)12(14)16-13(17)10-3-2-5-15-8-10/h4,6-7,10,15H,2-3,5,8H2,1H3. The smallest absolute Gasteiger partial charge is 0.132 e. The molecule has 0 saturated carbocycles. The number of aromatic nitrogens is 2. The molecule has 90 valence electrons. The summed E-state index contributed by atoms with van der Waals surface area (Å²) in [6.45, 7) is 4.29. The minimum absolute atomic E-state index is 0.533.